The molecule has 0 atom stereocenters. The maximum atomic E-state index is 13.1. The van der Waals surface area contributed by atoms with Crippen molar-refractivity contribution in [2.24, 2.45) is 0 Å². The number of hydrogen-bond acceptors (Lipinski definition) is 7. The van der Waals surface area contributed by atoms with Crippen molar-refractivity contribution < 1.29 is 22.4 Å². The van der Waals surface area contributed by atoms with Crippen molar-refractivity contribution in [3.8, 4) is 0 Å². The Morgan fingerprint density at radius 2 is 1.65 bits per heavy atom. The molecular weight excluding hydrogens is 456 g/mol. The standard InChI is InChI=1S/C25H28N2O6S/c1-4-32-25(29)19-5-7-21(8-6-19)34(30,31)27-11-9-26(10-12-27)16-20-15-24(28)33-23-14-18(3)17(2)13-22(20)23/h5-8,13-15H,4,9-12,16H2,1-3H3. The number of piperazine rings is 1. The molecule has 9 heteroatoms. The van der Waals surface area contributed by atoms with Crippen molar-refractivity contribution in [1.82, 2.24) is 9.21 Å². The summed E-state index contributed by atoms with van der Waals surface area (Å²) in [4.78, 5) is 26.2. The van der Waals surface area contributed by atoms with Crippen LogP contribution < -0.4 is 5.63 Å². The van der Waals surface area contributed by atoms with Gasteiger partial charge in [0.15, 0.2) is 0 Å². The van der Waals surface area contributed by atoms with Gasteiger partial charge in [-0.2, -0.15) is 4.31 Å². The van der Waals surface area contributed by atoms with Crippen LogP contribution >= 0.6 is 0 Å². The minimum atomic E-state index is -3.68. The summed E-state index contributed by atoms with van der Waals surface area (Å²) in [5.74, 6) is -0.479. The lowest BCUT2D eigenvalue weighted by atomic mass is 10.0. The molecule has 0 amide bonds. The number of carbonyl (C=O) groups excluding carboxylic acids is 1. The molecule has 4 rings (SSSR count). The largest absolute Gasteiger partial charge is 0.462 e. The van der Waals surface area contributed by atoms with Gasteiger partial charge in [-0.05, 0) is 73.9 Å². The second-order valence-electron chi connectivity index (χ2n) is 8.45. The maximum Gasteiger partial charge on any atom is 0.338 e. The Morgan fingerprint density at radius 1 is 1.00 bits per heavy atom. The normalized spacial score (nSPS) is 15.5. The van der Waals surface area contributed by atoms with Gasteiger partial charge in [0.25, 0.3) is 0 Å². The summed E-state index contributed by atoms with van der Waals surface area (Å²) in [6.07, 6.45) is 0. The topological polar surface area (TPSA) is 97.1 Å². The van der Waals surface area contributed by atoms with E-state index in [0.29, 0.717) is 43.9 Å². The molecule has 1 saturated heterocycles. The molecule has 1 aromatic heterocycles. The van der Waals surface area contributed by atoms with Crippen molar-refractivity contribution in [2.45, 2.75) is 32.2 Å². The van der Waals surface area contributed by atoms with Gasteiger partial charge in [-0.25, -0.2) is 18.0 Å². The van der Waals surface area contributed by atoms with E-state index in [1.807, 2.05) is 26.0 Å². The number of carbonyl (C=O) groups is 1. The van der Waals surface area contributed by atoms with Crippen molar-refractivity contribution in [2.75, 3.05) is 32.8 Å². The highest BCUT2D eigenvalue weighted by Gasteiger charge is 2.29. The Bertz CT molecular complexity index is 1370. The summed E-state index contributed by atoms with van der Waals surface area (Å²) in [5.41, 5.74) is 3.54. The fourth-order valence-electron chi connectivity index (χ4n) is 4.11. The fourth-order valence-corrected chi connectivity index (χ4v) is 5.53. The van der Waals surface area contributed by atoms with Gasteiger partial charge in [0.1, 0.15) is 5.58 Å². The van der Waals surface area contributed by atoms with E-state index in [2.05, 4.69) is 4.90 Å². The average Bonchev–Trinajstić information content (AvgIpc) is 2.81. The molecule has 2 heterocycles. The van der Waals surface area contributed by atoms with E-state index in [9.17, 15) is 18.0 Å². The Kier molecular flexibility index (Phi) is 6.88. The predicted octanol–water partition coefficient (Wildman–Crippen LogP) is 3.09. The number of fused-ring (bicyclic) bond motifs is 1. The zero-order valence-electron chi connectivity index (χ0n) is 19.5. The number of nitrogens with zero attached hydrogens (tertiary/aromatic N) is 2. The second kappa shape index (κ2) is 9.69. The van der Waals surface area contributed by atoms with Gasteiger partial charge in [0.2, 0.25) is 10.0 Å². The third-order valence-electron chi connectivity index (χ3n) is 6.17. The third-order valence-corrected chi connectivity index (χ3v) is 8.09. The Balaban J connectivity index is 1.46. The van der Waals surface area contributed by atoms with Gasteiger partial charge in [-0.3, -0.25) is 4.90 Å². The smallest absolute Gasteiger partial charge is 0.338 e. The zero-order valence-corrected chi connectivity index (χ0v) is 20.4. The first-order valence-electron chi connectivity index (χ1n) is 11.2. The van der Waals surface area contributed by atoms with Crippen LogP contribution in [0.1, 0.15) is 34.0 Å². The summed E-state index contributed by atoms with van der Waals surface area (Å²) < 4.78 is 38.0. The monoisotopic (exact) mass is 484 g/mol. The number of sulfonamides is 1. The Hall–Kier alpha value is -3.01. The van der Waals surface area contributed by atoms with E-state index in [1.165, 1.54) is 34.6 Å². The first-order chi connectivity index (χ1) is 16.2. The first-order valence-corrected chi connectivity index (χ1v) is 12.7. The highest BCUT2D eigenvalue weighted by atomic mass is 32.2. The SMILES string of the molecule is CCOC(=O)c1ccc(S(=O)(=O)N2CCN(Cc3cc(=O)oc4cc(C)c(C)cc34)CC2)cc1. The van der Waals surface area contributed by atoms with Crippen LogP contribution in [-0.4, -0.2) is 56.4 Å². The molecule has 0 radical (unpaired) electrons. The molecule has 8 nitrogen and oxygen atoms in total. The van der Waals surface area contributed by atoms with Crippen LogP contribution in [0.3, 0.4) is 0 Å². The molecule has 0 unspecified atom stereocenters. The number of esters is 1. The molecule has 3 aromatic rings. The molecule has 180 valence electrons. The summed E-state index contributed by atoms with van der Waals surface area (Å²) in [6.45, 7) is 8.24. The second-order valence-corrected chi connectivity index (χ2v) is 10.4. The summed E-state index contributed by atoms with van der Waals surface area (Å²) in [6, 6.07) is 11.2. The molecule has 0 aliphatic carbocycles. The van der Waals surface area contributed by atoms with Crippen molar-refractivity contribution in [3.05, 3.63) is 75.1 Å². The summed E-state index contributed by atoms with van der Waals surface area (Å²) >= 11 is 0. The lowest BCUT2D eigenvalue weighted by molar-refractivity contribution is 0.0526. The first kappa shape index (κ1) is 24.1. The van der Waals surface area contributed by atoms with Crippen molar-refractivity contribution >= 4 is 27.0 Å². The lowest BCUT2D eigenvalue weighted by Gasteiger charge is -2.34. The van der Waals surface area contributed by atoms with Crippen molar-refractivity contribution in [1.29, 1.82) is 0 Å². The Labute approximate surface area is 198 Å². The quantitative estimate of drug-likeness (QED) is 0.392. The number of benzene rings is 2. The number of rotatable bonds is 6. The average molecular weight is 485 g/mol. The van der Waals surface area contributed by atoms with Crippen LogP contribution in [0.4, 0.5) is 0 Å². The van der Waals surface area contributed by atoms with E-state index in [0.717, 1.165) is 22.1 Å². The minimum Gasteiger partial charge on any atom is -0.462 e. The van der Waals surface area contributed by atoms with E-state index in [4.69, 9.17) is 9.15 Å². The van der Waals surface area contributed by atoms with Gasteiger partial charge in [0.05, 0.1) is 17.1 Å². The van der Waals surface area contributed by atoms with Crippen LogP contribution in [0, 0.1) is 13.8 Å². The van der Waals surface area contributed by atoms with Gasteiger partial charge in [-0.1, -0.05) is 0 Å². The van der Waals surface area contributed by atoms with Gasteiger partial charge >= 0.3 is 11.6 Å². The maximum absolute atomic E-state index is 13.1. The fraction of sp³-hybridized carbons (Fsp3) is 0.360. The van der Waals surface area contributed by atoms with Gasteiger partial charge < -0.3 is 9.15 Å². The molecule has 2 aromatic carbocycles. The van der Waals surface area contributed by atoms with Crippen LogP contribution in [-0.2, 0) is 21.3 Å². The highest BCUT2D eigenvalue weighted by molar-refractivity contribution is 7.89. The van der Waals surface area contributed by atoms with Crippen LogP contribution in [0.5, 0.6) is 0 Å². The molecule has 0 saturated carbocycles. The molecule has 34 heavy (non-hydrogen) atoms. The predicted molar refractivity (Wildman–Crippen MR) is 128 cm³/mol. The van der Waals surface area contributed by atoms with E-state index in [-0.39, 0.29) is 11.5 Å². The van der Waals surface area contributed by atoms with Gasteiger partial charge in [0, 0.05) is 44.2 Å². The zero-order chi connectivity index (χ0) is 24.5. The van der Waals surface area contributed by atoms with Crippen LogP contribution in [0.25, 0.3) is 11.0 Å². The lowest BCUT2D eigenvalue weighted by Crippen LogP contribution is -2.48. The summed E-state index contributed by atoms with van der Waals surface area (Å²) in [7, 11) is -3.68. The molecule has 0 spiro atoms. The molecule has 1 aliphatic heterocycles. The minimum absolute atomic E-state index is 0.145. The summed E-state index contributed by atoms with van der Waals surface area (Å²) in [5, 5.41) is 0.902. The highest BCUT2D eigenvalue weighted by Crippen LogP contribution is 2.24. The van der Waals surface area contributed by atoms with Gasteiger partial charge in [-0.15, -0.1) is 0 Å². The third kappa shape index (κ3) is 4.91. The number of ether oxygens (including phenoxy) is 1. The van der Waals surface area contributed by atoms with E-state index in [1.54, 1.807) is 6.92 Å². The molecular formula is C25H28N2O6S. The number of hydrogen-bond donors (Lipinski definition) is 0. The van der Waals surface area contributed by atoms with E-state index >= 15 is 0 Å². The molecule has 1 fully saturated rings. The molecule has 0 N–H and O–H groups in total. The number of aryl methyl sites for hydroxylation is 2. The van der Waals surface area contributed by atoms with Crippen molar-refractivity contribution in [3.63, 3.8) is 0 Å². The van der Waals surface area contributed by atoms with E-state index < -0.39 is 21.6 Å². The van der Waals surface area contributed by atoms with Crippen LogP contribution in [0.15, 0.2) is 56.6 Å². The molecule has 0 bridgehead atoms. The van der Waals surface area contributed by atoms with Crippen LogP contribution in [0.2, 0.25) is 0 Å². The molecule has 1 aliphatic rings. The Morgan fingerprint density at radius 3 is 2.29 bits per heavy atom.